The second-order valence-corrected chi connectivity index (χ2v) is 8.06. The summed E-state index contributed by atoms with van der Waals surface area (Å²) < 4.78 is 11.0. The Labute approximate surface area is 177 Å². The molecule has 4 aliphatic rings. The maximum atomic E-state index is 13.2. The number of benzene rings is 1. The minimum atomic E-state index is -1.58. The number of rotatable bonds is 3. The van der Waals surface area contributed by atoms with Crippen LogP contribution in [-0.2, 0) is 9.53 Å². The number of methoxy groups -OCH3 is 1. The van der Waals surface area contributed by atoms with Gasteiger partial charge in [-0.15, -0.1) is 0 Å². The highest BCUT2D eigenvalue weighted by molar-refractivity contribution is 6.05. The SMILES string of the molecule is CO[C@H]1CCN(c2ccc3c(C(=O)N4CCN5CCC4CC5)n[nH]c3c2)C1.[2H]C(=O)O. The third-order valence-electron chi connectivity index (χ3n) is 6.51. The molecular weight excluding hydrogens is 386 g/mol. The van der Waals surface area contributed by atoms with Crippen molar-refractivity contribution in [3.8, 4) is 0 Å². The highest BCUT2D eigenvalue weighted by atomic mass is 16.5. The fourth-order valence-corrected chi connectivity index (χ4v) is 4.81. The molecule has 0 saturated carbocycles. The van der Waals surface area contributed by atoms with Crippen molar-refractivity contribution in [2.45, 2.75) is 31.4 Å². The summed E-state index contributed by atoms with van der Waals surface area (Å²) in [5, 5.41) is 15.5. The number of ether oxygens (including phenoxy) is 1. The molecule has 2 aromatic rings. The van der Waals surface area contributed by atoms with Crippen LogP contribution in [0.3, 0.4) is 0 Å². The van der Waals surface area contributed by atoms with Crippen molar-refractivity contribution in [3.63, 3.8) is 0 Å². The normalized spacial score (nSPS) is 26.2. The molecule has 1 aromatic carbocycles. The van der Waals surface area contributed by atoms with Crippen molar-refractivity contribution in [3.05, 3.63) is 23.9 Å². The van der Waals surface area contributed by atoms with E-state index in [1.807, 2.05) is 6.07 Å². The molecule has 4 fully saturated rings. The van der Waals surface area contributed by atoms with Gasteiger partial charge in [-0.1, -0.05) is 0 Å². The van der Waals surface area contributed by atoms with Crippen LogP contribution in [0.5, 0.6) is 0 Å². The van der Waals surface area contributed by atoms with Crippen molar-refractivity contribution in [2.75, 3.05) is 51.3 Å². The molecule has 162 valence electrons. The Morgan fingerprint density at radius 1 is 1.27 bits per heavy atom. The van der Waals surface area contributed by atoms with Gasteiger partial charge in [0.15, 0.2) is 7.06 Å². The fourth-order valence-electron chi connectivity index (χ4n) is 4.81. The van der Waals surface area contributed by atoms with Crippen molar-refractivity contribution < 1.29 is 20.8 Å². The average molecular weight is 417 g/mol. The minimum Gasteiger partial charge on any atom is -0.483 e. The maximum Gasteiger partial charge on any atom is 0.290 e. The van der Waals surface area contributed by atoms with Crippen LogP contribution in [0.15, 0.2) is 18.2 Å². The van der Waals surface area contributed by atoms with Gasteiger partial charge < -0.3 is 24.5 Å². The number of carboxylic acid groups (broad SMARTS) is 1. The summed E-state index contributed by atoms with van der Waals surface area (Å²) in [6, 6.07) is 6.61. The van der Waals surface area contributed by atoms with Crippen LogP contribution in [-0.4, -0.2) is 96.0 Å². The lowest BCUT2D eigenvalue weighted by atomic mass is 10.0. The van der Waals surface area contributed by atoms with Gasteiger partial charge in [0, 0.05) is 63.5 Å². The van der Waals surface area contributed by atoms with Crippen LogP contribution in [0.2, 0.25) is 0 Å². The molecule has 9 heteroatoms. The molecule has 9 nitrogen and oxygen atoms in total. The predicted octanol–water partition coefficient (Wildman–Crippen LogP) is 1.41. The summed E-state index contributed by atoms with van der Waals surface area (Å²) in [5.74, 6) is 0.0726. The highest BCUT2D eigenvalue weighted by Crippen LogP contribution is 2.28. The van der Waals surface area contributed by atoms with E-state index >= 15 is 0 Å². The Morgan fingerprint density at radius 3 is 2.73 bits per heavy atom. The van der Waals surface area contributed by atoms with E-state index in [4.69, 9.17) is 16.0 Å². The lowest BCUT2D eigenvalue weighted by Gasteiger charge is -2.31. The molecule has 0 aliphatic carbocycles. The van der Waals surface area contributed by atoms with Gasteiger partial charge >= 0.3 is 0 Å². The van der Waals surface area contributed by atoms with Crippen LogP contribution < -0.4 is 4.90 Å². The molecule has 4 saturated heterocycles. The lowest BCUT2D eigenvalue weighted by molar-refractivity contribution is -0.122. The van der Waals surface area contributed by atoms with E-state index in [0.29, 0.717) is 17.8 Å². The number of carbonyl (C=O) groups excluding carboxylic acids is 1. The van der Waals surface area contributed by atoms with E-state index < -0.39 is 6.45 Å². The van der Waals surface area contributed by atoms with E-state index in [1.54, 1.807) is 7.11 Å². The predicted molar refractivity (Wildman–Crippen MR) is 113 cm³/mol. The van der Waals surface area contributed by atoms with Crippen molar-refractivity contribution in [2.24, 2.45) is 0 Å². The zero-order valence-corrected chi connectivity index (χ0v) is 17.2. The van der Waals surface area contributed by atoms with Gasteiger partial charge in [-0.3, -0.25) is 14.7 Å². The minimum absolute atomic E-state index is 0.0726. The first-order valence-electron chi connectivity index (χ1n) is 10.9. The maximum absolute atomic E-state index is 13.2. The average Bonchev–Trinajstić information content (AvgIpc) is 3.30. The molecule has 0 unspecified atom stereocenters. The number of nitrogens with zero attached hydrogens (tertiary/aromatic N) is 4. The summed E-state index contributed by atoms with van der Waals surface area (Å²) >= 11 is 0. The number of nitrogens with one attached hydrogen (secondary N) is 1. The number of amides is 1. The highest BCUT2D eigenvalue weighted by Gasteiger charge is 2.34. The monoisotopic (exact) mass is 416 g/mol. The van der Waals surface area contributed by atoms with Gasteiger partial charge in [-0.05, 0) is 37.5 Å². The standard InChI is InChI=1S/C20H27N5O2.CH2O2/c1-27-16-6-9-24(13-16)15-2-3-17-18(12-15)21-22-19(17)20(26)25-11-10-23-7-4-14(25)5-8-23;2-1-3/h2-3,12,14,16H,4-11,13H2,1H3,(H,21,22);1H,(H,2,3)/t16-;/m0./s1/i;1D. The smallest absolute Gasteiger partial charge is 0.290 e. The molecule has 2 bridgehead atoms. The van der Waals surface area contributed by atoms with Gasteiger partial charge in [-0.25, -0.2) is 0 Å². The number of H-pyrrole nitrogens is 1. The van der Waals surface area contributed by atoms with Crippen LogP contribution in [0.25, 0.3) is 10.9 Å². The molecule has 0 spiro atoms. The number of hydrogen-bond acceptors (Lipinski definition) is 6. The first-order chi connectivity index (χ1) is 15.0. The molecule has 0 radical (unpaired) electrons. The number of aromatic nitrogens is 2. The largest absolute Gasteiger partial charge is 0.483 e. The van der Waals surface area contributed by atoms with E-state index in [2.05, 4.69) is 37.0 Å². The van der Waals surface area contributed by atoms with Gasteiger partial charge in [-0.2, -0.15) is 5.10 Å². The molecule has 1 atom stereocenters. The first-order valence-corrected chi connectivity index (χ1v) is 10.4. The second kappa shape index (κ2) is 9.01. The van der Waals surface area contributed by atoms with Crippen LogP contribution in [0.1, 0.15) is 31.1 Å². The number of piperidine rings is 1. The Balaban J connectivity index is 0.000000535. The van der Waals surface area contributed by atoms with Crippen LogP contribution >= 0.6 is 0 Å². The Bertz CT molecular complexity index is 939. The van der Waals surface area contributed by atoms with Gasteiger partial charge in [0.25, 0.3) is 12.4 Å². The van der Waals surface area contributed by atoms with E-state index in [1.165, 1.54) is 0 Å². The quantitative estimate of drug-likeness (QED) is 0.730. The van der Waals surface area contributed by atoms with Crippen LogP contribution in [0.4, 0.5) is 5.69 Å². The molecule has 5 heterocycles. The molecule has 6 rings (SSSR count). The Hall–Kier alpha value is -2.65. The van der Waals surface area contributed by atoms with Gasteiger partial charge in [0.05, 0.1) is 11.6 Å². The summed E-state index contributed by atoms with van der Waals surface area (Å²) in [5.41, 5.74) is 2.65. The zero-order chi connectivity index (χ0) is 22.0. The molecule has 1 aromatic heterocycles. The second-order valence-electron chi connectivity index (χ2n) is 8.06. The van der Waals surface area contributed by atoms with Crippen LogP contribution in [0, 0.1) is 0 Å². The molecule has 2 N–H and O–H groups in total. The summed E-state index contributed by atoms with van der Waals surface area (Å²) in [6.45, 7) is 5.91. The number of anilines is 1. The summed E-state index contributed by atoms with van der Waals surface area (Å²) in [6.07, 6.45) is 1.92. The number of aromatic amines is 1. The Morgan fingerprint density at radius 2 is 2.03 bits per heavy atom. The molecule has 30 heavy (non-hydrogen) atoms. The molecule has 1 amide bonds. The number of carbonyl (C=O) groups is 2. The number of fused-ring (bicyclic) bond motifs is 5. The van der Waals surface area contributed by atoms with E-state index in [0.717, 1.165) is 75.1 Å². The molecular formula is C21H29N5O4. The van der Waals surface area contributed by atoms with Crippen molar-refractivity contribution >= 4 is 28.9 Å². The topological polar surface area (TPSA) is 102 Å². The number of hydrogen-bond donors (Lipinski definition) is 2. The van der Waals surface area contributed by atoms with Crippen molar-refractivity contribution in [1.82, 2.24) is 20.0 Å². The zero-order valence-electron chi connectivity index (χ0n) is 18.2. The van der Waals surface area contributed by atoms with E-state index in [9.17, 15) is 4.79 Å². The molecule has 4 aliphatic heterocycles. The summed E-state index contributed by atoms with van der Waals surface area (Å²) in [7, 11) is 1.77. The van der Waals surface area contributed by atoms with E-state index in [-0.39, 0.29) is 5.91 Å². The van der Waals surface area contributed by atoms with Crippen molar-refractivity contribution in [1.29, 1.82) is 0 Å². The third-order valence-corrected chi connectivity index (χ3v) is 6.51. The summed E-state index contributed by atoms with van der Waals surface area (Å²) in [4.78, 5) is 28.8. The first kappa shape index (κ1) is 19.3. The third kappa shape index (κ3) is 3.99. The Kier molecular flexibility index (Phi) is 5.80. The van der Waals surface area contributed by atoms with Gasteiger partial charge in [0.1, 0.15) is 0 Å². The lowest BCUT2D eigenvalue weighted by Crippen LogP contribution is -2.41. The van der Waals surface area contributed by atoms with Gasteiger partial charge in [0.2, 0.25) is 0 Å². The fraction of sp³-hybridized carbons (Fsp3) is 0.571.